The molecule has 2 aromatic rings. The molecule has 0 saturated heterocycles. The zero-order valence-corrected chi connectivity index (χ0v) is 27.4. The highest BCUT2D eigenvalue weighted by Crippen LogP contribution is 2.45. The molecule has 3 aliphatic rings. The Morgan fingerprint density at radius 1 is 1.00 bits per heavy atom. The van der Waals surface area contributed by atoms with E-state index in [-0.39, 0.29) is 30.2 Å². The summed E-state index contributed by atoms with van der Waals surface area (Å²) in [6, 6.07) is 9.97. The summed E-state index contributed by atoms with van der Waals surface area (Å²) in [5.74, 6) is 2.69. The van der Waals surface area contributed by atoms with Crippen LogP contribution in [0.4, 0.5) is 4.79 Å². The maximum atomic E-state index is 12.6. The molecule has 1 aromatic heterocycles. The van der Waals surface area contributed by atoms with Gasteiger partial charge in [-0.25, -0.2) is 9.78 Å². The van der Waals surface area contributed by atoms with E-state index in [1.165, 1.54) is 0 Å². The van der Waals surface area contributed by atoms with Crippen LogP contribution in [0.15, 0.2) is 42.6 Å². The van der Waals surface area contributed by atoms with Crippen molar-refractivity contribution in [3.05, 3.63) is 53.7 Å². The van der Waals surface area contributed by atoms with Gasteiger partial charge in [-0.2, -0.15) is 0 Å². The highest BCUT2D eigenvalue weighted by molar-refractivity contribution is 5.75. The first-order valence-electron chi connectivity index (χ1n) is 16.4. The van der Waals surface area contributed by atoms with Crippen LogP contribution in [0.25, 0.3) is 5.57 Å². The molecule has 0 N–H and O–H groups in total. The molecule has 0 radical (unpaired) electrons. The lowest BCUT2D eigenvalue weighted by Crippen LogP contribution is -2.39. The van der Waals surface area contributed by atoms with Gasteiger partial charge in [0.05, 0.1) is 26.2 Å². The Bertz CT molecular complexity index is 1360. The van der Waals surface area contributed by atoms with Gasteiger partial charge in [-0.05, 0) is 114 Å². The zero-order valence-electron chi connectivity index (χ0n) is 27.4. The van der Waals surface area contributed by atoms with Crippen molar-refractivity contribution in [1.29, 1.82) is 0 Å². The summed E-state index contributed by atoms with van der Waals surface area (Å²) in [6.07, 6.45) is 10.5. The van der Waals surface area contributed by atoms with E-state index in [1.54, 1.807) is 18.2 Å². The summed E-state index contributed by atoms with van der Waals surface area (Å²) in [7, 11) is 1.66. The van der Waals surface area contributed by atoms with Crippen molar-refractivity contribution < 1.29 is 33.3 Å². The first-order chi connectivity index (χ1) is 21.6. The number of amides is 1. The van der Waals surface area contributed by atoms with E-state index in [9.17, 15) is 9.59 Å². The van der Waals surface area contributed by atoms with Crippen LogP contribution in [0.5, 0.6) is 17.4 Å². The van der Waals surface area contributed by atoms with Gasteiger partial charge in [-0.1, -0.05) is 6.08 Å². The maximum absolute atomic E-state index is 12.6. The normalized spacial score (nSPS) is 20.9. The number of esters is 1. The highest BCUT2D eigenvalue weighted by atomic mass is 16.6. The van der Waals surface area contributed by atoms with Crippen LogP contribution in [0, 0.1) is 5.92 Å². The number of hydrogen-bond donors (Lipinski definition) is 0. The number of hydrogen-bond acceptors (Lipinski definition) is 8. The average molecular weight is 621 g/mol. The molecule has 1 atom stereocenters. The SMILES string of the molecule is CCOC(=O)CC(c1ccnc(OC2CCC(Oc3cc(OC)ccc3C3=CCN(C(=O)OC(C)(C)C)CC3)CC2)c1)C1CC1. The zero-order chi connectivity index (χ0) is 32.0. The van der Waals surface area contributed by atoms with Crippen molar-refractivity contribution in [3.63, 3.8) is 0 Å². The molecule has 1 unspecified atom stereocenters. The molecule has 2 aliphatic carbocycles. The van der Waals surface area contributed by atoms with Crippen LogP contribution in [0.3, 0.4) is 0 Å². The Kier molecular flexibility index (Phi) is 10.6. The predicted molar refractivity (Wildman–Crippen MR) is 172 cm³/mol. The summed E-state index contributed by atoms with van der Waals surface area (Å²) in [5.41, 5.74) is 2.77. The van der Waals surface area contributed by atoms with Gasteiger partial charge in [0.15, 0.2) is 0 Å². The first kappa shape index (κ1) is 32.6. The summed E-state index contributed by atoms with van der Waals surface area (Å²) in [4.78, 5) is 31.0. The second kappa shape index (κ2) is 14.6. The van der Waals surface area contributed by atoms with E-state index in [1.807, 2.05) is 58.0 Å². The lowest BCUT2D eigenvalue weighted by atomic mass is 9.91. The third-order valence-corrected chi connectivity index (χ3v) is 8.67. The van der Waals surface area contributed by atoms with Gasteiger partial charge in [-0.15, -0.1) is 0 Å². The molecule has 0 spiro atoms. The van der Waals surface area contributed by atoms with Crippen molar-refractivity contribution in [2.75, 3.05) is 26.8 Å². The third kappa shape index (κ3) is 9.14. The van der Waals surface area contributed by atoms with E-state index < -0.39 is 5.60 Å². The molecular formula is C36H48N2O7. The summed E-state index contributed by atoms with van der Waals surface area (Å²) in [5, 5.41) is 0. The summed E-state index contributed by atoms with van der Waals surface area (Å²) >= 11 is 0. The molecule has 2 heterocycles. The van der Waals surface area contributed by atoms with Crippen LogP contribution in [0.2, 0.25) is 0 Å². The number of carbonyl (C=O) groups is 2. The standard InChI is InChI=1S/C36H48N2O7/c1-6-42-34(39)23-31(24-7-8-24)26-15-18-37-33(21-26)44-28-11-9-27(10-12-28)43-32-22-29(41-5)13-14-30(32)25-16-19-38(20-17-25)35(40)45-36(2,3)4/h13-16,18,21-22,24,27-28,31H,6-12,17,19-20,23H2,1-5H3. The van der Waals surface area contributed by atoms with Gasteiger partial charge >= 0.3 is 12.1 Å². The Labute approximate surface area is 267 Å². The molecule has 1 aromatic carbocycles. The minimum absolute atomic E-state index is 0.0567. The Morgan fingerprint density at radius 2 is 1.73 bits per heavy atom. The number of nitrogens with zero attached hydrogens (tertiary/aromatic N) is 2. The number of pyridine rings is 1. The Hall–Kier alpha value is -3.75. The smallest absolute Gasteiger partial charge is 0.410 e. The van der Waals surface area contributed by atoms with E-state index in [0.717, 1.165) is 73.1 Å². The van der Waals surface area contributed by atoms with Gasteiger partial charge in [-0.3, -0.25) is 4.79 Å². The van der Waals surface area contributed by atoms with E-state index in [0.29, 0.717) is 37.9 Å². The molecule has 1 aliphatic heterocycles. The van der Waals surface area contributed by atoms with Gasteiger partial charge in [0.25, 0.3) is 0 Å². The van der Waals surface area contributed by atoms with Crippen molar-refractivity contribution in [2.45, 2.75) is 103 Å². The second-order valence-corrected chi connectivity index (χ2v) is 13.3. The fraction of sp³-hybridized carbons (Fsp3) is 0.583. The minimum Gasteiger partial charge on any atom is -0.497 e. The van der Waals surface area contributed by atoms with Crippen molar-refractivity contribution in [2.24, 2.45) is 5.92 Å². The molecule has 9 nitrogen and oxygen atoms in total. The number of methoxy groups -OCH3 is 1. The second-order valence-electron chi connectivity index (χ2n) is 13.3. The topological polar surface area (TPSA) is 96.4 Å². The Morgan fingerprint density at radius 3 is 2.36 bits per heavy atom. The highest BCUT2D eigenvalue weighted by Gasteiger charge is 2.35. The Balaban J connectivity index is 1.18. The number of aromatic nitrogens is 1. The molecular weight excluding hydrogens is 572 g/mol. The quantitative estimate of drug-likeness (QED) is 0.241. The molecule has 244 valence electrons. The van der Waals surface area contributed by atoms with Gasteiger partial charge in [0.1, 0.15) is 23.2 Å². The van der Waals surface area contributed by atoms with Crippen molar-refractivity contribution in [1.82, 2.24) is 9.88 Å². The van der Waals surface area contributed by atoms with E-state index in [4.69, 9.17) is 23.7 Å². The maximum Gasteiger partial charge on any atom is 0.410 e. The summed E-state index contributed by atoms with van der Waals surface area (Å²) in [6.45, 7) is 8.97. The third-order valence-electron chi connectivity index (χ3n) is 8.67. The number of carbonyl (C=O) groups excluding carboxylic acids is 2. The largest absolute Gasteiger partial charge is 0.497 e. The molecule has 1 amide bonds. The molecule has 5 rings (SSSR count). The van der Waals surface area contributed by atoms with Crippen LogP contribution >= 0.6 is 0 Å². The number of ether oxygens (including phenoxy) is 5. The van der Waals surface area contributed by atoms with E-state index in [2.05, 4.69) is 11.1 Å². The van der Waals surface area contributed by atoms with Crippen LogP contribution < -0.4 is 14.2 Å². The molecule has 2 fully saturated rings. The first-order valence-corrected chi connectivity index (χ1v) is 16.4. The average Bonchev–Trinajstić information content (AvgIpc) is 3.86. The summed E-state index contributed by atoms with van der Waals surface area (Å²) < 4.78 is 29.3. The van der Waals surface area contributed by atoms with Gasteiger partial charge < -0.3 is 28.6 Å². The van der Waals surface area contributed by atoms with Crippen LogP contribution in [-0.4, -0.2) is 66.6 Å². The predicted octanol–water partition coefficient (Wildman–Crippen LogP) is 7.33. The fourth-order valence-corrected chi connectivity index (χ4v) is 6.19. The molecule has 45 heavy (non-hydrogen) atoms. The molecule has 9 heteroatoms. The lowest BCUT2D eigenvalue weighted by Gasteiger charge is -2.31. The van der Waals surface area contributed by atoms with Crippen LogP contribution in [-0.2, 0) is 14.3 Å². The van der Waals surface area contributed by atoms with Crippen molar-refractivity contribution >= 4 is 17.6 Å². The lowest BCUT2D eigenvalue weighted by molar-refractivity contribution is -0.143. The van der Waals surface area contributed by atoms with Crippen molar-refractivity contribution in [3.8, 4) is 17.4 Å². The monoisotopic (exact) mass is 620 g/mol. The van der Waals surface area contributed by atoms with E-state index >= 15 is 0 Å². The molecule has 2 saturated carbocycles. The van der Waals surface area contributed by atoms with Gasteiger partial charge in [0.2, 0.25) is 5.88 Å². The molecule has 0 bridgehead atoms. The van der Waals surface area contributed by atoms with Crippen LogP contribution in [0.1, 0.15) is 96.1 Å². The number of benzene rings is 1. The fourth-order valence-electron chi connectivity index (χ4n) is 6.19. The number of rotatable bonds is 11. The minimum atomic E-state index is -0.521. The van der Waals surface area contributed by atoms with Gasteiger partial charge in [0, 0.05) is 37.0 Å².